The number of rotatable bonds is 23. The van der Waals surface area contributed by atoms with Crippen LogP contribution >= 0.6 is 0 Å². The summed E-state index contributed by atoms with van der Waals surface area (Å²) in [6.45, 7) is 21.9. The molecule has 20 nitrogen and oxygen atoms in total. The molecule has 0 aliphatic carbocycles. The van der Waals surface area contributed by atoms with Crippen LogP contribution in [-0.2, 0) is 52.7 Å². The van der Waals surface area contributed by atoms with Crippen LogP contribution in [0, 0.1) is 35.5 Å². The fourth-order valence-electron chi connectivity index (χ4n) is 8.35. The predicted octanol–water partition coefficient (Wildman–Crippen LogP) is 4.65. The third-order valence-corrected chi connectivity index (χ3v) is 12.6. The van der Waals surface area contributed by atoms with Crippen LogP contribution in [0.25, 0.3) is 0 Å². The summed E-state index contributed by atoms with van der Waals surface area (Å²) in [4.78, 5) is 137. The number of nitrogens with one attached hydrogen (secondary N) is 7. The van der Waals surface area contributed by atoms with Gasteiger partial charge >= 0.3 is 17.9 Å². The second-order valence-corrected chi connectivity index (χ2v) is 21.7. The normalized spacial score (nSPS) is 24.6. The second-order valence-electron chi connectivity index (χ2n) is 21.7. The largest absolute Gasteiger partial charge is 0.481 e. The van der Waals surface area contributed by atoms with E-state index in [9.17, 15) is 58.2 Å². The van der Waals surface area contributed by atoms with E-state index in [1.807, 2.05) is 0 Å². The van der Waals surface area contributed by atoms with E-state index in [-0.39, 0.29) is 49.9 Å². The molecule has 1 fully saturated rings. The van der Waals surface area contributed by atoms with Crippen LogP contribution in [0.3, 0.4) is 0 Å². The summed E-state index contributed by atoms with van der Waals surface area (Å²) >= 11 is 0. The molecule has 1 saturated heterocycles. The number of carbonyl (C=O) groups is 10. The molecule has 7 amide bonds. The molecule has 1 heterocycles. The number of ether oxygens (including phenoxy) is 1. The zero-order valence-corrected chi connectivity index (χ0v) is 45.3. The van der Waals surface area contributed by atoms with Crippen molar-refractivity contribution in [2.24, 2.45) is 35.5 Å². The van der Waals surface area contributed by atoms with E-state index < -0.39 is 139 Å². The van der Waals surface area contributed by atoms with E-state index in [1.54, 1.807) is 69.2 Å². The minimum Gasteiger partial charge on any atom is -0.481 e. The molecule has 0 aromatic carbocycles. The Morgan fingerprint density at radius 1 is 0.500 bits per heavy atom. The summed E-state index contributed by atoms with van der Waals surface area (Å²) in [5, 5.41) is 37.9. The zero-order chi connectivity index (χ0) is 54.8. The molecular weight excluding hydrogens is 931 g/mol. The summed E-state index contributed by atoms with van der Waals surface area (Å²) in [7, 11) is 0. The minimum absolute atomic E-state index is 0.0378. The summed E-state index contributed by atoms with van der Waals surface area (Å²) in [6, 6.07) is -9.66. The molecule has 1 rings (SSSR count). The highest BCUT2D eigenvalue weighted by molar-refractivity contribution is 5.98. The van der Waals surface area contributed by atoms with Crippen LogP contribution in [0.2, 0.25) is 0 Å². The van der Waals surface area contributed by atoms with Crippen molar-refractivity contribution >= 4 is 59.3 Å². The topological polar surface area (TPSA) is 305 Å². The maximum atomic E-state index is 14.3. The molecule has 0 aromatic heterocycles. The first kappa shape index (κ1) is 64.7. The van der Waals surface area contributed by atoms with Gasteiger partial charge in [0.25, 0.3) is 0 Å². The summed E-state index contributed by atoms with van der Waals surface area (Å²) in [5.74, 6) is -10.5. The van der Waals surface area contributed by atoms with Crippen LogP contribution in [0.1, 0.15) is 186 Å². The van der Waals surface area contributed by atoms with Gasteiger partial charge in [-0.05, 0) is 74.0 Å². The lowest BCUT2D eigenvalue weighted by Gasteiger charge is -2.30. The van der Waals surface area contributed by atoms with E-state index in [2.05, 4.69) is 51.1 Å². The van der Waals surface area contributed by atoms with Gasteiger partial charge in [-0.15, -0.1) is 0 Å². The highest BCUT2D eigenvalue weighted by Gasteiger charge is 2.38. The number of carboxylic acids is 2. The molecule has 5 unspecified atom stereocenters. The first-order valence-corrected chi connectivity index (χ1v) is 26.4. The Balaban J connectivity index is 3.99. The smallest absolute Gasteiger partial charge is 0.329 e. The number of hydrogen-bond acceptors (Lipinski definition) is 11. The number of hydrogen-bond donors (Lipinski definition) is 9. The Hall–Kier alpha value is -5.30. The standard InChI is InChI=1S/C52H91N7O13/c1-13-34(12)45-52(71)72-35(21-19-17-15-14-16-18-20-29(2)3)27-41(60)53-36(22-23-42(61)62)46(65)54-37(24-30(4)5)47(66)55-38(25-31(6)7)49(68)58-44(33(10)11)51(70)57-40(28-43(63)64)48(67)56-39(26-32(8)9)50(69)59-45/h29-40,44-45H,13-28H2,1-12H3,(H,53,60)(H,54,65)(H,55,66)(H,56,67)(H,57,70)(H,58,68)(H,59,69)(H,61,62)(H,63,64)/t34-,35?,36?,37-,38?,39?,40-,44?,45-/m0/s1. The molecule has 72 heavy (non-hydrogen) atoms. The number of carbonyl (C=O) groups excluding carboxylic acids is 8. The maximum Gasteiger partial charge on any atom is 0.329 e. The SMILES string of the molecule is CC[C@H](C)[C@@H]1NC(=O)C(CC(C)C)NC(=O)[C@H](CC(=O)O)NC(=O)C(C(C)C)NC(=O)C(CC(C)C)NC(=O)[C@H](CC(C)C)NC(=O)C(CCC(=O)O)NC(=O)CC(CCCCCCCCC(C)C)OC1=O. The molecule has 9 atom stereocenters. The van der Waals surface area contributed by atoms with Gasteiger partial charge in [-0.3, -0.25) is 43.2 Å². The number of carboxylic acid groups (broad SMARTS) is 2. The van der Waals surface area contributed by atoms with Crippen molar-refractivity contribution in [3.63, 3.8) is 0 Å². The molecule has 412 valence electrons. The maximum absolute atomic E-state index is 14.3. The summed E-state index contributed by atoms with van der Waals surface area (Å²) in [5.41, 5.74) is 0. The molecule has 0 spiro atoms. The molecule has 0 aromatic rings. The zero-order valence-electron chi connectivity index (χ0n) is 45.3. The molecule has 0 saturated carbocycles. The van der Waals surface area contributed by atoms with Crippen molar-refractivity contribution in [3.8, 4) is 0 Å². The average Bonchev–Trinajstić information content (AvgIpc) is 3.26. The van der Waals surface area contributed by atoms with E-state index in [4.69, 9.17) is 4.74 Å². The van der Waals surface area contributed by atoms with Crippen LogP contribution in [0.4, 0.5) is 0 Å². The van der Waals surface area contributed by atoms with E-state index in [0.29, 0.717) is 18.8 Å². The van der Waals surface area contributed by atoms with Gasteiger partial charge in [0.1, 0.15) is 48.4 Å². The Kier molecular flexibility index (Phi) is 30.0. The first-order valence-electron chi connectivity index (χ1n) is 26.4. The lowest BCUT2D eigenvalue weighted by molar-refractivity contribution is -0.156. The Morgan fingerprint density at radius 3 is 1.38 bits per heavy atom. The van der Waals surface area contributed by atoms with Crippen molar-refractivity contribution < 1.29 is 62.9 Å². The van der Waals surface area contributed by atoms with Crippen LogP contribution in [-0.4, -0.2) is 118 Å². The number of amides is 7. The molecule has 0 radical (unpaired) electrons. The number of esters is 1. The summed E-state index contributed by atoms with van der Waals surface area (Å²) in [6.07, 6.45) is 4.08. The monoisotopic (exact) mass is 1020 g/mol. The first-order chi connectivity index (χ1) is 33.6. The van der Waals surface area contributed by atoms with Gasteiger partial charge in [-0.2, -0.15) is 0 Å². The van der Waals surface area contributed by atoms with Gasteiger partial charge in [-0.1, -0.05) is 128 Å². The third-order valence-electron chi connectivity index (χ3n) is 12.6. The molecule has 9 N–H and O–H groups in total. The number of aliphatic carboxylic acids is 2. The highest BCUT2D eigenvalue weighted by Crippen LogP contribution is 2.20. The predicted molar refractivity (Wildman–Crippen MR) is 272 cm³/mol. The lowest BCUT2D eigenvalue weighted by Crippen LogP contribution is -2.61. The lowest BCUT2D eigenvalue weighted by atomic mass is 9.97. The fraction of sp³-hybridized carbons (Fsp3) is 0.808. The number of cyclic esters (lactones) is 1. The summed E-state index contributed by atoms with van der Waals surface area (Å²) < 4.78 is 6.05. The Labute approximate surface area is 428 Å². The van der Waals surface area contributed by atoms with Gasteiger partial charge in [-0.25, -0.2) is 4.79 Å². The third kappa shape index (κ3) is 25.9. The van der Waals surface area contributed by atoms with Gasteiger partial charge in [0.2, 0.25) is 41.4 Å². The van der Waals surface area contributed by atoms with Crippen LogP contribution in [0.15, 0.2) is 0 Å². The Bertz CT molecular complexity index is 1790. The molecule has 1 aliphatic rings. The van der Waals surface area contributed by atoms with Crippen molar-refractivity contribution in [2.75, 3.05) is 0 Å². The van der Waals surface area contributed by atoms with E-state index >= 15 is 0 Å². The van der Waals surface area contributed by atoms with Gasteiger partial charge in [0.05, 0.1) is 12.8 Å². The van der Waals surface area contributed by atoms with E-state index in [1.165, 1.54) is 0 Å². The quantitative estimate of drug-likeness (QED) is 0.0498. The van der Waals surface area contributed by atoms with Crippen LogP contribution in [0.5, 0.6) is 0 Å². The van der Waals surface area contributed by atoms with Gasteiger partial charge in [0, 0.05) is 6.42 Å². The van der Waals surface area contributed by atoms with Crippen molar-refractivity contribution in [3.05, 3.63) is 0 Å². The highest BCUT2D eigenvalue weighted by atomic mass is 16.5. The van der Waals surface area contributed by atoms with Crippen molar-refractivity contribution in [2.45, 2.75) is 234 Å². The van der Waals surface area contributed by atoms with Gasteiger partial charge in [0.15, 0.2) is 0 Å². The second kappa shape index (κ2) is 33.4. The molecule has 0 bridgehead atoms. The van der Waals surface area contributed by atoms with Crippen LogP contribution < -0.4 is 37.2 Å². The number of unbranched alkanes of at least 4 members (excludes halogenated alkanes) is 5. The molecular formula is C52H91N7O13. The Morgan fingerprint density at radius 2 is 0.931 bits per heavy atom. The fourth-order valence-corrected chi connectivity index (χ4v) is 8.35. The molecule has 20 heteroatoms. The molecule has 1 aliphatic heterocycles. The van der Waals surface area contributed by atoms with Gasteiger partial charge < -0.3 is 52.2 Å². The van der Waals surface area contributed by atoms with Crippen molar-refractivity contribution in [1.29, 1.82) is 0 Å². The van der Waals surface area contributed by atoms with Crippen molar-refractivity contribution in [1.82, 2.24) is 37.2 Å². The van der Waals surface area contributed by atoms with E-state index in [0.717, 1.165) is 38.5 Å². The minimum atomic E-state index is -1.72. The average molecular weight is 1020 g/mol.